The van der Waals surface area contributed by atoms with Gasteiger partial charge in [0.05, 0.1) is 6.10 Å². The van der Waals surface area contributed by atoms with Crippen LogP contribution < -0.4 is 4.74 Å². The zero-order valence-corrected chi connectivity index (χ0v) is 12.7. The number of fused-ring (bicyclic) bond motifs is 1. The quantitative estimate of drug-likeness (QED) is 0.914. The van der Waals surface area contributed by atoms with Gasteiger partial charge in [-0.2, -0.15) is 0 Å². The number of benzene rings is 2. The monoisotopic (exact) mass is 282 g/mol. The molecule has 1 N–H and O–H groups in total. The largest absolute Gasteiger partial charge is 0.486 e. The first-order chi connectivity index (χ1) is 10.1. The third-order valence-corrected chi connectivity index (χ3v) is 4.43. The molecule has 2 heteroatoms. The molecule has 2 nitrogen and oxygen atoms in total. The Morgan fingerprint density at radius 1 is 1.19 bits per heavy atom. The summed E-state index contributed by atoms with van der Waals surface area (Å²) >= 11 is 0. The van der Waals surface area contributed by atoms with Gasteiger partial charge in [-0.1, -0.05) is 48.9 Å². The number of hydrogen-bond donors (Lipinski definition) is 1. The van der Waals surface area contributed by atoms with Gasteiger partial charge in [0.15, 0.2) is 0 Å². The molecule has 0 saturated carbocycles. The summed E-state index contributed by atoms with van der Waals surface area (Å²) in [5.74, 6) is 0.831. The lowest BCUT2D eigenvalue weighted by Crippen LogP contribution is -2.42. The minimum atomic E-state index is -0.447. The smallest absolute Gasteiger partial charge is 0.125 e. The van der Waals surface area contributed by atoms with Gasteiger partial charge in [0.25, 0.3) is 0 Å². The van der Waals surface area contributed by atoms with Crippen molar-refractivity contribution in [3.8, 4) is 5.75 Å². The Bertz CT molecular complexity index is 621. The summed E-state index contributed by atoms with van der Waals surface area (Å²) in [5.41, 5.74) is 3.01. The average molecular weight is 282 g/mol. The lowest BCUT2D eigenvalue weighted by Gasteiger charge is -2.40. The van der Waals surface area contributed by atoms with E-state index in [0.717, 1.165) is 29.7 Å². The fourth-order valence-electron chi connectivity index (χ4n) is 3.18. The van der Waals surface area contributed by atoms with Crippen LogP contribution in [-0.4, -0.2) is 10.7 Å². The molecule has 0 fully saturated rings. The van der Waals surface area contributed by atoms with Crippen molar-refractivity contribution in [2.75, 3.05) is 0 Å². The van der Waals surface area contributed by atoms with E-state index in [1.807, 2.05) is 31.2 Å². The van der Waals surface area contributed by atoms with Gasteiger partial charge < -0.3 is 9.84 Å². The van der Waals surface area contributed by atoms with E-state index < -0.39 is 6.10 Å². The highest BCUT2D eigenvalue weighted by Gasteiger charge is 2.39. The van der Waals surface area contributed by atoms with Crippen molar-refractivity contribution in [1.29, 1.82) is 0 Å². The van der Waals surface area contributed by atoms with Gasteiger partial charge in [-0.25, -0.2) is 0 Å². The summed E-state index contributed by atoms with van der Waals surface area (Å²) in [6.45, 7) is 4.17. The van der Waals surface area contributed by atoms with Crippen molar-refractivity contribution in [1.82, 2.24) is 0 Å². The molecule has 0 bridgehead atoms. The second-order valence-electron chi connectivity index (χ2n) is 6.06. The summed E-state index contributed by atoms with van der Waals surface area (Å²) in [6.07, 6.45) is 1.91. The molecule has 2 atom stereocenters. The standard InChI is InChI=1S/C19H22O2/c1-3-19(12-15-7-5-4-6-8-15)13-17(20)16-11-14(2)9-10-18(16)21-19/h4-11,17,20H,3,12-13H2,1-2H3. The maximum absolute atomic E-state index is 10.6. The summed E-state index contributed by atoms with van der Waals surface area (Å²) in [5, 5.41) is 10.6. The molecular formula is C19H22O2. The van der Waals surface area contributed by atoms with Crippen LogP contribution in [0, 0.1) is 6.92 Å². The highest BCUT2D eigenvalue weighted by Crippen LogP contribution is 2.42. The van der Waals surface area contributed by atoms with E-state index in [1.165, 1.54) is 5.56 Å². The van der Waals surface area contributed by atoms with Crippen LogP contribution in [0.3, 0.4) is 0 Å². The number of aliphatic hydroxyl groups excluding tert-OH is 1. The van der Waals surface area contributed by atoms with Crippen LogP contribution in [0.15, 0.2) is 48.5 Å². The molecule has 2 aromatic rings. The molecule has 0 aromatic heterocycles. The Morgan fingerprint density at radius 3 is 2.67 bits per heavy atom. The lowest BCUT2D eigenvalue weighted by atomic mass is 9.82. The van der Waals surface area contributed by atoms with Crippen LogP contribution in [0.5, 0.6) is 5.75 Å². The van der Waals surface area contributed by atoms with E-state index in [4.69, 9.17) is 4.74 Å². The van der Waals surface area contributed by atoms with E-state index in [0.29, 0.717) is 6.42 Å². The van der Waals surface area contributed by atoms with E-state index in [2.05, 4.69) is 31.2 Å². The van der Waals surface area contributed by atoms with Crippen molar-refractivity contribution in [3.05, 3.63) is 65.2 Å². The maximum Gasteiger partial charge on any atom is 0.125 e. The Kier molecular flexibility index (Phi) is 3.73. The first-order valence-corrected chi connectivity index (χ1v) is 7.63. The topological polar surface area (TPSA) is 29.5 Å². The predicted molar refractivity (Wildman–Crippen MR) is 84.6 cm³/mol. The van der Waals surface area contributed by atoms with Gasteiger partial charge in [-0.05, 0) is 31.0 Å². The second-order valence-corrected chi connectivity index (χ2v) is 6.06. The number of aliphatic hydroxyl groups is 1. The molecule has 2 aromatic carbocycles. The molecule has 1 aliphatic rings. The molecule has 1 aliphatic heterocycles. The number of aryl methyl sites for hydroxylation is 1. The molecular weight excluding hydrogens is 260 g/mol. The van der Waals surface area contributed by atoms with Crippen molar-refractivity contribution < 1.29 is 9.84 Å². The number of ether oxygens (including phenoxy) is 1. The van der Waals surface area contributed by atoms with Gasteiger partial charge in [-0.15, -0.1) is 0 Å². The summed E-state index contributed by atoms with van der Waals surface area (Å²) < 4.78 is 6.34. The fourth-order valence-corrected chi connectivity index (χ4v) is 3.18. The SMILES string of the molecule is CCC1(Cc2ccccc2)CC(O)c2cc(C)ccc2O1. The molecule has 0 aliphatic carbocycles. The normalized spacial score (nSPS) is 24.2. The third-order valence-electron chi connectivity index (χ3n) is 4.43. The molecule has 21 heavy (non-hydrogen) atoms. The zero-order chi connectivity index (χ0) is 14.9. The van der Waals surface area contributed by atoms with Crippen LogP contribution in [0.4, 0.5) is 0 Å². The molecule has 0 spiro atoms. The van der Waals surface area contributed by atoms with Gasteiger partial charge in [0, 0.05) is 18.4 Å². The molecule has 0 radical (unpaired) electrons. The Balaban J connectivity index is 1.92. The molecule has 0 amide bonds. The first kappa shape index (κ1) is 14.2. The van der Waals surface area contributed by atoms with Crippen LogP contribution in [-0.2, 0) is 6.42 Å². The molecule has 1 heterocycles. The van der Waals surface area contributed by atoms with Crippen molar-refractivity contribution in [2.45, 2.75) is 44.8 Å². The van der Waals surface area contributed by atoms with Crippen molar-refractivity contribution in [3.63, 3.8) is 0 Å². The minimum absolute atomic E-state index is 0.316. The van der Waals surface area contributed by atoms with Crippen molar-refractivity contribution in [2.24, 2.45) is 0 Å². The van der Waals surface area contributed by atoms with E-state index >= 15 is 0 Å². The highest BCUT2D eigenvalue weighted by molar-refractivity contribution is 5.41. The number of rotatable bonds is 3. The third kappa shape index (κ3) is 2.81. The van der Waals surface area contributed by atoms with Crippen LogP contribution in [0.25, 0.3) is 0 Å². The zero-order valence-electron chi connectivity index (χ0n) is 12.7. The lowest BCUT2D eigenvalue weighted by molar-refractivity contribution is -0.0168. The van der Waals surface area contributed by atoms with Crippen LogP contribution in [0.1, 0.15) is 42.6 Å². The average Bonchev–Trinajstić information content (AvgIpc) is 2.49. The minimum Gasteiger partial charge on any atom is -0.486 e. The molecule has 2 unspecified atom stereocenters. The Morgan fingerprint density at radius 2 is 1.95 bits per heavy atom. The summed E-state index contributed by atoms with van der Waals surface area (Å²) in [7, 11) is 0. The maximum atomic E-state index is 10.6. The summed E-state index contributed by atoms with van der Waals surface area (Å²) in [6, 6.07) is 16.4. The second kappa shape index (κ2) is 5.53. The van der Waals surface area contributed by atoms with Gasteiger partial charge in [-0.3, -0.25) is 0 Å². The van der Waals surface area contributed by atoms with Gasteiger partial charge >= 0.3 is 0 Å². The fraction of sp³-hybridized carbons (Fsp3) is 0.368. The van der Waals surface area contributed by atoms with Crippen molar-refractivity contribution >= 4 is 0 Å². The van der Waals surface area contributed by atoms with E-state index in [-0.39, 0.29) is 5.60 Å². The Labute approximate surface area is 126 Å². The van der Waals surface area contributed by atoms with Gasteiger partial charge in [0.1, 0.15) is 11.4 Å². The Hall–Kier alpha value is -1.80. The first-order valence-electron chi connectivity index (χ1n) is 7.63. The molecule has 110 valence electrons. The molecule has 0 saturated heterocycles. The molecule has 3 rings (SSSR count). The number of hydrogen-bond acceptors (Lipinski definition) is 2. The summed E-state index contributed by atoms with van der Waals surface area (Å²) in [4.78, 5) is 0. The highest BCUT2D eigenvalue weighted by atomic mass is 16.5. The van der Waals surface area contributed by atoms with E-state index in [1.54, 1.807) is 0 Å². The van der Waals surface area contributed by atoms with Gasteiger partial charge in [0.2, 0.25) is 0 Å². The van der Waals surface area contributed by atoms with Crippen LogP contribution in [0.2, 0.25) is 0 Å². The van der Waals surface area contributed by atoms with E-state index in [9.17, 15) is 5.11 Å². The predicted octanol–water partition coefficient (Wildman–Crippen LogP) is 4.20. The van der Waals surface area contributed by atoms with Crippen LogP contribution >= 0.6 is 0 Å².